The lowest BCUT2D eigenvalue weighted by Gasteiger charge is -2.04. The van der Waals surface area contributed by atoms with Crippen molar-refractivity contribution in [3.63, 3.8) is 0 Å². The summed E-state index contributed by atoms with van der Waals surface area (Å²) in [7, 11) is -1.45. The molecular weight excluding hydrogens is 456 g/mol. The number of amides is 1. The number of nitrogens with zero attached hydrogens (tertiary/aromatic N) is 3. The number of phenolic OH excluding ortho intramolecular Hbond substituents is 1. The van der Waals surface area contributed by atoms with Crippen LogP contribution in [0, 0.1) is 11.3 Å². The second-order valence-electron chi connectivity index (χ2n) is 6.11. The van der Waals surface area contributed by atoms with Gasteiger partial charge in [0.05, 0.1) is 14.2 Å². The van der Waals surface area contributed by atoms with Crippen LogP contribution in [0.1, 0.15) is 15.9 Å². The maximum absolute atomic E-state index is 12.8. The number of anilines is 1. The van der Waals surface area contributed by atoms with E-state index in [1.807, 2.05) is 0 Å². The topological polar surface area (TPSA) is 151 Å². The predicted octanol–water partition coefficient (Wildman–Crippen LogP) is 2.85. The molecule has 0 saturated carbocycles. The van der Waals surface area contributed by atoms with Crippen molar-refractivity contribution in [1.29, 1.82) is 5.26 Å². The number of methoxy groups -OCH3 is 2. The maximum Gasteiger partial charge on any atom is 0.257 e. The van der Waals surface area contributed by atoms with Gasteiger partial charge in [-0.2, -0.15) is 5.26 Å². The first-order valence-electron chi connectivity index (χ1n) is 8.81. The van der Waals surface area contributed by atoms with Crippen molar-refractivity contribution in [2.45, 2.75) is 4.34 Å². The highest BCUT2D eigenvalue weighted by molar-refractivity contribution is 7.97. The molecule has 1 heterocycles. The summed E-state index contributed by atoms with van der Waals surface area (Å²) in [6, 6.07) is 12.0. The molecule has 0 spiro atoms. The number of nitriles is 1. The number of ether oxygens (including phenoxy) is 2. The van der Waals surface area contributed by atoms with Gasteiger partial charge >= 0.3 is 0 Å². The number of hydrogen-bond donors (Lipinski definition) is 2. The lowest BCUT2D eigenvalue weighted by molar-refractivity contribution is 0.102. The molecule has 10 nitrogen and oxygen atoms in total. The van der Waals surface area contributed by atoms with Crippen LogP contribution in [0.3, 0.4) is 0 Å². The van der Waals surface area contributed by atoms with Crippen LogP contribution in [0.2, 0.25) is 0 Å². The van der Waals surface area contributed by atoms with Crippen molar-refractivity contribution in [2.75, 3.05) is 19.5 Å². The first-order valence-corrected chi connectivity index (χ1v) is 11.1. The molecule has 32 heavy (non-hydrogen) atoms. The number of hydrogen-bond acceptors (Lipinski definition) is 10. The number of aromatic hydroxyl groups is 1. The number of benzene rings is 2. The Hall–Kier alpha value is -3.95. The van der Waals surface area contributed by atoms with Gasteiger partial charge in [-0.3, -0.25) is 10.1 Å². The first kappa shape index (κ1) is 22.7. The van der Waals surface area contributed by atoms with Crippen LogP contribution >= 0.6 is 11.3 Å². The summed E-state index contributed by atoms with van der Waals surface area (Å²) in [6.45, 7) is 0. The van der Waals surface area contributed by atoms with Gasteiger partial charge in [0.1, 0.15) is 11.8 Å². The average molecular weight is 473 g/mol. The van der Waals surface area contributed by atoms with Crippen LogP contribution in [0.15, 0.2) is 51.7 Å². The molecule has 0 bridgehead atoms. The number of phenols is 1. The van der Waals surface area contributed by atoms with Gasteiger partial charge in [0.25, 0.3) is 5.91 Å². The summed E-state index contributed by atoms with van der Waals surface area (Å²) in [5.41, 5.74) is 0.626. The van der Waals surface area contributed by atoms with E-state index in [9.17, 15) is 23.6 Å². The number of carbonyl (C=O) groups is 1. The van der Waals surface area contributed by atoms with Crippen molar-refractivity contribution in [3.05, 3.63) is 58.5 Å². The van der Waals surface area contributed by atoms with Crippen molar-refractivity contribution < 1.29 is 27.8 Å². The molecule has 0 atom stereocenters. The largest absolute Gasteiger partial charge is 0.504 e. The van der Waals surface area contributed by atoms with Gasteiger partial charge in [-0.1, -0.05) is 17.4 Å². The molecule has 3 rings (SSSR count). The summed E-state index contributed by atoms with van der Waals surface area (Å²) in [5.74, 6) is 0.0492. The van der Waals surface area contributed by atoms with Crippen LogP contribution < -0.4 is 14.8 Å². The third kappa shape index (κ3) is 4.85. The molecule has 1 aromatic heterocycles. The Balaban J connectivity index is 1.84. The van der Waals surface area contributed by atoms with Crippen molar-refractivity contribution >= 4 is 38.3 Å². The zero-order valence-electron chi connectivity index (χ0n) is 16.8. The third-order valence-corrected chi connectivity index (χ3v) is 6.98. The molecule has 0 saturated heterocycles. The minimum atomic E-state index is -4.29. The highest BCUT2D eigenvalue weighted by atomic mass is 32.2. The van der Waals surface area contributed by atoms with Crippen molar-refractivity contribution in [2.24, 2.45) is 0 Å². The van der Waals surface area contributed by atoms with E-state index >= 15 is 0 Å². The van der Waals surface area contributed by atoms with E-state index in [0.29, 0.717) is 28.2 Å². The smallest absolute Gasteiger partial charge is 0.257 e. The van der Waals surface area contributed by atoms with Gasteiger partial charge in [0.2, 0.25) is 19.3 Å². The summed E-state index contributed by atoms with van der Waals surface area (Å²) >= 11 is 0.611. The summed E-state index contributed by atoms with van der Waals surface area (Å²) < 4.78 is 35.2. The molecule has 0 unspecified atom stereocenters. The molecule has 12 heteroatoms. The van der Waals surface area contributed by atoms with Gasteiger partial charge in [0.15, 0.2) is 16.4 Å². The minimum Gasteiger partial charge on any atom is -0.504 e. The second-order valence-corrected chi connectivity index (χ2v) is 9.18. The van der Waals surface area contributed by atoms with Gasteiger partial charge < -0.3 is 14.6 Å². The minimum absolute atomic E-state index is 0.0482. The molecule has 3 aromatic rings. The van der Waals surface area contributed by atoms with E-state index in [4.69, 9.17) is 9.47 Å². The average Bonchev–Trinajstić information content (AvgIpc) is 3.27. The fraction of sp³-hybridized carbons (Fsp3) is 0.100. The van der Waals surface area contributed by atoms with E-state index in [1.165, 1.54) is 44.6 Å². The lowest BCUT2D eigenvalue weighted by Crippen LogP contribution is -2.11. The lowest BCUT2D eigenvalue weighted by atomic mass is 10.2. The number of sulfone groups is 1. The summed E-state index contributed by atoms with van der Waals surface area (Å²) in [4.78, 5) is 11.7. The summed E-state index contributed by atoms with van der Waals surface area (Å²) in [5, 5.41) is 28.8. The zero-order chi connectivity index (χ0) is 23.3. The molecule has 0 fully saturated rings. The normalized spacial score (nSPS) is 11.5. The Morgan fingerprint density at radius 3 is 2.50 bits per heavy atom. The summed E-state index contributed by atoms with van der Waals surface area (Å²) in [6.07, 6.45) is 1.12. The molecular formula is C20H16N4O6S2. The van der Waals surface area contributed by atoms with E-state index in [-0.39, 0.29) is 16.6 Å². The van der Waals surface area contributed by atoms with Crippen LogP contribution in [-0.4, -0.2) is 43.8 Å². The van der Waals surface area contributed by atoms with Gasteiger partial charge in [0, 0.05) is 5.56 Å². The number of carbonyl (C=O) groups excluding carboxylic acids is 1. The van der Waals surface area contributed by atoms with Gasteiger partial charge in [-0.25, -0.2) is 8.42 Å². The highest BCUT2D eigenvalue weighted by Crippen LogP contribution is 2.30. The molecule has 1 amide bonds. The Labute approximate surface area is 187 Å². The molecule has 0 radical (unpaired) electrons. The van der Waals surface area contributed by atoms with Crippen molar-refractivity contribution in [1.82, 2.24) is 10.2 Å². The SMILES string of the molecule is COc1ccc(C(=O)Nc2nnc(S(=O)(=O)C(C#N)=Cc3ccc(O)c(OC)c3)s2)cc1. The number of aromatic nitrogens is 2. The molecule has 2 aromatic carbocycles. The second kappa shape index (κ2) is 9.46. The number of allylic oxidation sites excluding steroid dienone is 1. The Kier molecular flexibility index (Phi) is 6.72. The fourth-order valence-electron chi connectivity index (χ4n) is 2.48. The van der Waals surface area contributed by atoms with E-state index < -0.39 is 25.0 Å². The Morgan fingerprint density at radius 1 is 1.16 bits per heavy atom. The molecule has 0 aliphatic rings. The van der Waals surface area contributed by atoms with Crippen LogP contribution in [-0.2, 0) is 9.84 Å². The number of nitrogens with one attached hydrogen (secondary N) is 1. The first-order chi connectivity index (χ1) is 15.3. The van der Waals surface area contributed by atoms with Gasteiger partial charge in [-0.15, -0.1) is 10.2 Å². The number of rotatable bonds is 7. The Morgan fingerprint density at radius 2 is 1.88 bits per heavy atom. The monoisotopic (exact) mass is 472 g/mol. The van der Waals surface area contributed by atoms with Crippen LogP contribution in [0.5, 0.6) is 17.2 Å². The van der Waals surface area contributed by atoms with E-state index in [0.717, 1.165) is 6.08 Å². The van der Waals surface area contributed by atoms with Gasteiger partial charge in [-0.05, 0) is 48.0 Å². The molecule has 0 aliphatic heterocycles. The zero-order valence-corrected chi connectivity index (χ0v) is 18.4. The standard InChI is InChI=1S/C20H16N4O6S2/c1-29-14-6-4-13(5-7-14)18(26)22-19-23-24-20(31-19)32(27,28)15(11-21)9-12-3-8-16(25)17(10-12)30-2/h3-10,25H,1-2H3,(H,22,23,26). The van der Waals surface area contributed by atoms with E-state index in [2.05, 4.69) is 15.5 Å². The quantitative estimate of drug-likeness (QED) is 0.390. The van der Waals surface area contributed by atoms with Crippen molar-refractivity contribution in [3.8, 4) is 23.3 Å². The predicted molar refractivity (Wildman–Crippen MR) is 116 cm³/mol. The molecule has 2 N–H and O–H groups in total. The Bertz CT molecular complexity index is 1320. The maximum atomic E-state index is 12.8. The fourth-order valence-corrected chi connectivity index (χ4v) is 4.65. The molecule has 164 valence electrons. The highest BCUT2D eigenvalue weighted by Gasteiger charge is 2.26. The van der Waals surface area contributed by atoms with Crippen LogP contribution in [0.25, 0.3) is 6.08 Å². The third-order valence-electron chi connectivity index (χ3n) is 4.11. The molecule has 0 aliphatic carbocycles. The van der Waals surface area contributed by atoms with E-state index in [1.54, 1.807) is 18.2 Å². The van der Waals surface area contributed by atoms with Crippen LogP contribution in [0.4, 0.5) is 5.13 Å².